The van der Waals surface area contributed by atoms with Gasteiger partial charge in [-0.25, -0.2) is 0 Å². The molecule has 1 atom stereocenters. The summed E-state index contributed by atoms with van der Waals surface area (Å²) in [7, 11) is 0. The summed E-state index contributed by atoms with van der Waals surface area (Å²) in [6, 6.07) is 8.72. The van der Waals surface area contributed by atoms with Gasteiger partial charge in [0.1, 0.15) is 5.58 Å². The number of furan rings is 1. The third-order valence-corrected chi connectivity index (χ3v) is 3.56. The summed E-state index contributed by atoms with van der Waals surface area (Å²) in [5.41, 5.74) is 2.30. The third-order valence-electron chi connectivity index (χ3n) is 3.56. The summed E-state index contributed by atoms with van der Waals surface area (Å²) in [5, 5.41) is 4.91. The van der Waals surface area contributed by atoms with Crippen LogP contribution in [-0.4, -0.2) is 6.54 Å². The molecule has 1 aromatic carbocycles. The van der Waals surface area contributed by atoms with Crippen LogP contribution < -0.4 is 5.32 Å². The topological polar surface area (TPSA) is 25.2 Å². The molecule has 2 heteroatoms. The number of fused-ring (bicyclic) bond motifs is 1. The Morgan fingerprint density at radius 1 is 1.16 bits per heavy atom. The summed E-state index contributed by atoms with van der Waals surface area (Å²) in [6.07, 6.45) is 5.49. The molecule has 1 aromatic heterocycles. The maximum Gasteiger partial charge on any atom is 0.134 e. The van der Waals surface area contributed by atoms with E-state index in [1.807, 2.05) is 18.4 Å². The second kappa shape index (κ2) is 6.76. The van der Waals surface area contributed by atoms with Crippen LogP contribution >= 0.6 is 0 Å². The van der Waals surface area contributed by atoms with Gasteiger partial charge >= 0.3 is 0 Å². The fraction of sp³-hybridized carbons (Fsp3) is 0.529. The van der Waals surface area contributed by atoms with Gasteiger partial charge in [0.2, 0.25) is 0 Å². The van der Waals surface area contributed by atoms with Gasteiger partial charge in [0.15, 0.2) is 0 Å². The van der Waals surface area contributed by atoms with Crippen molar-refractivity contribution in [3.05, 3.63) is 36.1 Å². The summed E-state index contributed by atoms with van der Waals surface area (Å²) in [5.74, 6) is 0.740. The van der Waals surface area contributed by atoms with Crippen molar-refractivity contribution in [1.82, 2.24) is 5.32 Å². The van der Waals surface area contributed by atoms with E-state index in [0.717, 1.165) is 24.5 Å². The van der Waals surface area contributed by atoms with Gasteiger partial charge in [-0.1, -0.05) is 39.0 Å². The predicted octanol–water partition coefficient (Wildman–Crippen LogP) is 4.91. The minimum Gasteiger partial charge on any atom is -0.464 e. The number of hydrogen-bond acceptors (Lipinski definition) is 2. The van der Waals surface area contributed by atoms with Gasteiger partial charge < -0.3 is 9.73 Å². The predicted molar refractivity (Wildman–Crippen MR) is 81.3 cm³/mol. The number of hydrogen-bond donors (Lipinski definition) is 1. The van der Waals surface area contributed by atoms with Crippen molar-refractivity contribution in [3.8, 4) is 0 Å². The molecule has 0 saturated carbocycles. The van der Waals surface area contributed by atoms with Gasteiger partial charge in [0, 0.05) is 17.0 Å². The highest BCUT2D eigenvalue weighted by molar-refractivity contribution is 5.81. The van der Waals surface area contributed by atoms with Crippen molar-refractivity contribution < 1.29 is 4.42 Å². The highest BCUT2D eigenvalue weighted by Gasteiger charge is 2.16. The van der Waals surface area contributed by atoms with Crippen LogP contribution in [0.15, 0.2) is 34.9 Å². The van der Waals surface area contributed by atoms with E-state index in [-0.39, 0.29) is 0 Å². The smallest absolute Gasteiger partial charge is 0.134 e. The molecular formula is C17H25NO. The lowest BCUT2D eigenvalue weighted by atomic mass is 9.97. The van der Waals surface area contributed by atoms with Crippen molar-refractivity contribution in [2.75, 3.05) is 6.54 Å². The zero-order valence-corrected chi connectivity index (χ0v) is 12.3. The first-order valence-corrected chi connectivity index (χ1v) is 7.42. The molecule has 2 rings (SSSR count). The minimum atomic E-state index is 0.408. The average molecular weight is 259 g/mol. The first-order valence-electron chi connectivity index (χ1n) is 7.42. The van der Waals surface area contributed by atoms with Gasteiger partial charge in [-0.05, 0) is 37.8 Å². The Balaban J connectivity index is 2.20. The van der Waals surface area contributed by atoms with Crippen LogP contribution in [0.3, 0.4) is 0 Å². The molecule has 2 nitrogen and oxygen atoms in total. The molecule has 0 saturated heterocycles. The van der Waals surface area contributed by atoms with E-state index in [4.69, 9.17) is 4.42 Å². The number of nitrogens with one attached hydrogen (secondary N) is 1. The van der Waals surface area contributed by atoms with Crippen molar-refractivity contribution in [2.24, 2.45) is 5.92 Å². The molecule has 0 bridgehead atoms. The van der Waals surface area contributed by atoms with Crippen LogP contribution in [0.4, 0.5) is 0 Å². The number of para-hydroxylation sites is 1. The average Bonchev–Trinajstić information content (AvgIpc) is 2.83. The Labute approximate surface area is 116 Å². The molecule has 1 heterocycles. The second-order valence-corrected chi connectivity index (χ2v) is 5.67. The molecule has 2 aromatic rings. The lowest BCUT2D eigenvalue weighted by Crippen LogP contribution is -2.22. The van der Waals surface area contributed by atoms with E-state index < -0.39 is 0 Å². The quantitative estimate of drug-likeness (QED) is 0.764. The fourth-order valence-electron chi connectivity index (χ4n) is 2.45. The molecule has 0 radical (unpaired) electrons. The Hall–Kier alpha value is -1.28. The van der Waals surface area contributed by atoms with Gasteiger partial charge in [0.05, 0.1) is 6.26 Å². The monoisotopic (exact) mass is 259 g/mol. The summed E-state index contributed by atoms with van der Waals surface area (Å²) in [4.78, 5) is 0. The van der Waals surface area contributed by atoms with Crippen LogP contribution in [0.1, 0.15) is 51.6 Å². The maximum absolute atomic E-state index is 5.68. The van der Waals surface area contributed by atoms with E-state index >= 15 is 0 Å². The van der Waals surface area contributed by atoms with Crippen molar-refractivity contribution in [1.29, 1.82) is 0 Å². The molecule has 0 amide bonds. The highest BCUT2D eigenvalue weighted by Crippen LogP contribution is 2.29. The summed E-state index contributed by atoms with van der Waals surface area (Å²) < 4.78 is 5.68. The molecule has 0 spiro atoms. The number of benzene rings is 1. The zero-order valence-electron chi connectivity index (χ0n) is 12.3. The van der Waals surface area contributed by atoms with Crippen LogP contribution in [0, 0.1) is 5.92 Å². The van der Waals surface area contributed by atoms with Gasteiger partial charge in [-0.2, -0.15) is 0 Å². The van der Waals surface area contributed by atoms with Crippen molar-refractivity contribution in [3.63, 3.8) is 0 Å². The Morgan fingerprint density at radius 2 is 1.95 bits per heavy atom. The second-order valence-electron chi connectivity index (χ2n) is 5.67. The van der Waals surface area contributed by atoms with E-state index in [1.165, 1.54) is 23.8 Å². The molecule has 19 heavy (non-hydrogen) atoms. The molecule has 1 unspecified atom stereocenters. The fourth-order valence-corrected chi connectivity index (χ4v) is 2.45. The van der Waals surface area contributed by atoms with Gasteiger partial charge in [-0.15, -0.1) is 0 Å². The van der Waals surface area contributed by atoms with E-state index in [1.54, 1.807) is 0 Å². The Morgan fingerprint density at radius 3 is 2.68 bits per heavy atom. The molecule has 1 N–H and O–H groups in total. The standard InChI is InChI=1S/C17H25NO/c1-4-11-18-16(10-9-13(2)3)15-12-19-17-8-6-5-7-14(15)17/h5-8,12-13,16,18H,4,9-11H2,1-3H3. The summed E-state index contributed by atoms with van der Waals surface area (Å²) in [6.45, 7) is 7.83. The van der Waals surface area contributed by atoms with Crippen LogP contribution in [0.25, 0.3) is 11.0 Å². The van der Waals surface area contributed by atoms with Crippen LogP contribution in [0.2, 0.25) is 0 Å². The Kier molecular flexibility index (Phi) is 5.03. The van der Waals surface area contributed by atoms with Crippen molar-refractivity contribution in [2.45, 2.75) is 46.1 Å². The van der Waals surface area contributed by atoms with E-state index in [2.05, 4.69) is 38.2 Å². The van der Waals surface area contributed by atoms with Crippen molar-refractivity contribution >= 4 is 11.0 Å². The molecule has 0 aliphatic rings. The largest absolute Gasteiger partial charge is 0.464 e. The first kappa shape index (κ1) is 14.1. The molecule has 0 aliphatic carbocycles. The van der Waals surface area contributed by atoms with Crippen LogP contribution in [-0.2, 0) is 0 Å². The van der Waals surface area contributed by atoms with Gasteiger partial charge in [0.25, 0.3) is 0 Å². The molecular weight excluding hydrogens is 234 g/mol. The van der Waals surface area contributed by atoms with E-state index in [0.29, 0.717) is 6.04 Å². The zero-order chi connectivity index (χ0) is 13.7. The van der Waals surface area contributed by atoms with Crippen LogP contribution in [0.5, 0.6) is 0 Å². The minimum absolute atomic E-state index is 0.408. The Bertz CT molecular complexity index is 501. The van der Waals surface area contributed by atoms with Gasteiger partial charge in [-0.3, -0.25) is 0 Å². The highest BCUT2D eigenvalue weighted by atomic mass is 16.3. The first-order chi connectivity index (χ1) is 9.22. The molecule has 0 aliphatic heterocycles. The lowest BCUT2D eigenvalue weighted by molar-refractivity contribution is 0.438. The SMILES string of the molecule is CCCNC(CCC(C)C)c1coc2ccccc12. The third kappa shape index (κ3) is 3.60. The number of rotatable bonds is 7. The lowest BCUT2D eigenvalue weighted by Gasteiger charge is -2.18. The normalized spacial score (nSPS) is 13.3. The van der Waals surface area contributed by atoms with E-state index in [9.17, 15) is 0 Å². The molecule has 0 fully saturated rings. The maximum atomic E-state index is 5.68. The molecule has 104 valence electrons. The summed E-state index contributed by atoms with van der Waals surface area (Å²) >= 11 is 0.